The number of amides is 1. The summed E-state index contributed by atoms with van der Waals surface area (Å²) in [6.45, 7) is 8.57. The SMILES string of the molecule is CCC1NC(C(C)C)C(=O)N1CCOCC1CC1. The molecule has 0 aromatic carbocycles. The highest BCUT2D eigenvalue weighted by Gasteiger charge is 2.38. The monoisotopic (exact) mass is 254 g/mol. The van der Waals surface area contributed by atoms with Crippen LogP contribution in [0.25, 0.3) is 0 Å². The maximum absolute atomic E-state index is 12.3. The molecule has 0 aromatic heterocycles. The summed E-state index contributed by atoms with van der Waals surface area (Å²) in [5.41, 5.74) is 0. The molecule has 104 valence electrons. The van der Waals surface area contributed by atoms with E-state index in [1.807, 2.05) is 4.90 Å². The lowest BCUT2D eigenvalue weighted by Crippen LogP contribution is -2.39. The summed E-state index contributed by atoms with van der Waals surface area (Å²) in [6, 6.07) is -0.0154. The van der Waals surface area contributed by atoms with Gasteiger partial charge in [0.2, 0.25) is 5.91 Å². The lowest BCUT2D eigenvalue weighted by atomic mass is 10.1. The van der Waals surface area contributed by atoms with Gasteiger partial charge in [-0.3, -0.25) is 10.1 Å². The van der Waals surface area contributed by atoms with Crippen LogP contribution in [0.15, 0.2) is 0 Å². The Morgan fingerprint density at radius 2 is 2.17 bits per heavy atom. The van der Waals surface area contributed by atoms with Crippen LogP contribution in [0.3, 0.4) is 0 Å². The minimum absolute atomic E-state index is 0.0154. The Morgan fingerprint density at radius 3 is 2.72 bits per heavy atom. The molecule has 2 rings (SSSR count). The molecule has 0 radical (unpaired) electrons. The molecule has 0 aromatic rings. The van der Waals surface area contributed by atoms with Crippen molar-refractivity contribution >= 4 is 5.91 Å². The van der Waals surface area contributed by atoms with Gasteiger partial charge in [-0.25, -0.2) is 0 Å². The Bertz CT molecular complexity index is 290. The molecule has 1 heterocycles. The Balaban J connectivity index is 1.78. The van der Waals surface area contributed by atoms with E-state index >= 15 is 0 Å². The Labute approximate surface area is 110 Å². The molecule has 2 fully saturated rings. The van der Waals surface area contributed by atoms with Gasteiger partial charge in [-0.1, -0.05) is 20.8 Å². The summed E-state index contributed by atoms with van der Waals surface area (Å²) < 4.78 is 5.63. The highest BCUT2D eigenvalue weighted by Crippen LogP contribution is 2.28. The number of hydrogen-bond acceptors (Lipinski definition) is 3. The van der Waals surface area contributed by atoms with Crippen LogP contribution in [0.4, 0.5) is 0 Å². The lowest BCUT2D eigenvalue weighted by Gasteiger charge is -2.22. The van der Waals surface area contributed by atoms with E-state index in [0.29, 0.717) is 12.5 Å². The highest BCUT2D eigenvalue weighted by molar-refractivity contribution is 5.84. The normalized spacial score (nSPS) is 28.4. The van der Waals surface area contributed by atoms with E-state index in [-0.39, 0.29) is 18.1 Å². The molecule has 1 amide bonds. The summed E-state index contributed by atoms with van der Waals surface area (Å²) in [7, 11) is 0. The largest absolute Gasteiger partial charge is 0.379 e. The van der Waals surface area contributed by atoms with Crippen molar-refractivity contribution < 1.29 is 9.53 Å². The molecule has 1 saturated heterocycles. The summed E-state index contributed by atoms with van der Waals surface area (Å²) in [6.07, 6.45) is 3.78. The van der Waals surface area contributed by atoms with Crippen molar-refractivity contribution in [3.05, 3.63) is 0 Å². The van der Waals surface area contributed by atoms with Crippen molar-refractivity contribution in [2.45, 2.75) is 52.2 Å². The number of ether oxygens (including phenoxy) is 1. The van der Waals surface area contributed by atoms with Crippen LogP contribution < -0.4 is 5.32 Å². The van der Waals surface area contributed by atoms with Crippen molar-refractivity contribution in [3.63, 3.8) is 0 Å². The van der Waals surface area contributed by atoms with Crippen molar-refractivity contribution in [2.24, 2.45) is 11.8 Å². The fourth-order valence-corrected chi connectivity index (χ4v) is 2.48. The first-order chi connectivity index (χ1) is 8.63. The fraction of sp³-hybridized carbons (Fsp3) is 0.929. The number of carbonyl (C=O) groups is 1. The third-order valence-corrected chi connectivity index (χ3v) is 3.88. The number of nitrogens with one attached hydrogen (secondary N) is 1. The zero-order chi connectivity index (χ0) is 13.1. The zero-order valence-electron chi connectivity index (χ0n) is 11.8. The lowest BCUT2D eigenvalue weighted by molar-refractivity contribution is -0.131. The maximum Gasteiger partial charge on any atom is 0.241 e. The van der Waals surface area contributed by atoms with Gasteiger partial charge < -0.3 is 9.64 Å². The zero-order valence-corrected chi connectivity index (χ0v) is 11.8. The van der Waals surface area contributed by atoms with E-state index in [0.717, 1.165) is 25.5 Å². The van der Waals surface area contributed by atoms with E-state index < -0.39 is 0 Å². The quantitative estimate of drug-likeness (QED) is 0.702. The van der Waals surface area contributed by atoms with Gasteiger partial charge in [-0.15, -0.1) is 0 Å². The molecule has 1 aliphatic carbocycles. The smallest absolute Gasteiger partial charge is 0.241 e. The number of hydrogen-bond donors (Lipinski definition) is 1. The number of nitrogens with zero attached hydrogens (tertiary/aromatic N) is 1. The minimum atomic E-state index is -0.0154. The summed E-state index contributed by atoms with van der Waals surface area (Å²) in [5, 5.41) is 3.42. The second-order valence-electron chi connectivity index (χ2n) is 5.86. The van der Waals surface area contributed by atoms with Gasteiger partial charge in [-0.05, 0) is 31.1 Å². The summed E-state index contributed by atoms with van der Waals surface area (Å²) in [5.74, 6) is 1.39. The van der Waals surface area contributed by atoms with Gasteiger partial charge in [0.1, 0.15) is 0 Å². The third-order valence-electron chi connectivity index (χ3n) is 3.88. The molecule has 4 heteroatoms. The molecule has 1 aliphatic heterocycles. The van der Waals surface area contributed by atoms with Crippen LogP contribution in [0.5, 0.6) is 0 Å². The standard InChI is InChI=1S/C14H26N2O2/c1-4-12-15-13(10(2)3)14(17)16(12)7-8-18-9-11-5-6-11/h10-13,15H,4-9H2,1-3H3. The van der Waals surface area contributed by atoms with Gasteiger partial charge >= 0.3 is 0 Å². The molecule has 2 aliphatic rings. The van der Waals surface area contributed by atoms with Crippen molar-refractivity contribution in [3.8, 4) is 0 Å². The predicted octanol–water partition coefficient (Wildman–Crippen LogP) is 1.61. The third kappa shape index (κ3) is 3.23. The van der Waals surface area contributed by atoms with Crippen LogP contribution in [-0.4, -0.2) is 42.8 Å². The number of carbonyl (C=O) groups excluding carboxylic acids is 1. The van der Waals surface area contributed by atoms with Crippen LogP contribution in [0.1, 0.15) is 40.0 Å². The van der Waals surface area contributed by atoms with Crippen molar-refractivity contribution in [1.29, 1.82) is 0 Å². The minimum Gasteiger partial charge on any atom is -0.379 e. The van der Waals surface area contributed by atoms with E-state index in [2.05, 4.69) is 26.1 Å². The van der Waals surface area contributed by atoms with Gasteiger partial charge in [-0.2, -0.15) is 0 Å². The summed E-state index contributed by atoms with van der Waals surface area (Å²) in [4.78, 5) is 14.2. The van der Waals surface area contributed by atoms with Crippen molar-refractivity contribution in [2.75, 3.05) is 19.8 Å². The first kappa shape index (κ1) is 13.8. The Kier molecular flexibility index (Phi) is 4.62. The molecular weight excluding hydrogens is 228 g/mol. The summed E-state index contributed by atoms with van der Waals surface area (Å²) >= 11 is 0. The molecule has 2 atom stereocenters. The average Bonchev–Trinajstić information content (AvgIpc) is 3.10. The van der Waals surface area contributed by atoms with Gasteiger partial charge in [0.05, 0.1) is 18.8 Å². The highest BCUT2D eigenvalue weighted by atomic mass is 16.5. The van der Waals surface area contributed by atoms with E-state index in [1.165, 1.54) is 12.8 Å². The Morgan fingerprint density at radius 1 is 1.44 bits per heavy atom. The van der Waals surface area contributed by atoms with Gasteiger partial charge in [0.15, 0.2) is 0 Å². The molecule has 0 bridgehead atoms. The Hall–Kier alpha value is -0.610. The van der Waals surface area contributed by atoms with Gasteiger partial charge in [0.25, 0.3) is 0 Å². The van der Waals surface area contributed by atoms with E-state index in [4.69, 9.17) is 4.74 Å². The fourth-order valence-electron chi connectivity index (χ4n) is 2.48. The molecular formula is C14H26N2O2. The van der Waals surface area contributed by atoms with Crippen molar-refractivity contribution in [1.82, 2.24) is 10.2 Å². The molecule has 4 nitrogen and oxygen atoms in total. The number of rotatable bonds is 7. The molecule has 0 spiro atoms. The van der Waals surface area contributed by atoms with Crippen LogP contribution >= 0.6 is 0 Å². The predicted molar refractivity (Wildman–Crippen MR) is 71.1 cm³/mol. The molecule has 1 N–H and O–H groups in total. The molecule has 2 unspecified atom stereocenters. The second-order valence-corrected chi connectivity index (χ2v) is 5.86. The van der Waals surface area contributed by atoms with Crippen LogP contribution in [0, 0.1) is 11.8 Å². The first-order valence-electron chi connectivity index (χ1n) is 7.27. The molecule has 1 saturated carbocycles. The van der Waals surface area contributed by atoms with E-state index in [1.54, 1.807) is 0 Å². The first-order valence-corrected chi connectivity index (χ1v) is 7.27. The van der Waals surface area contributed by atoms with Crippen LogP contribution in [-0.2, 0) is 9.53 Å². The average molecular weight is 254 g/mol. The van der Waals surface area contributed by atoms with E-state index in [9.17, 15) is 4.79 Å². The maximum atomic E-state index is 12.3. The van der Waals surface area contributed by atoms with Crippen LogP contribution in [0.2, 0.25) is 0 Å². The molecule has 18 heavy (non-hydrogen) atoms. The topological polar surface area (TPSA) is 41.6 Å². The van der Waals surface area contributed by atoms with Gasteiger partial charge in [0, 0.05) is 13.2 Å². The second kappa shape index (κ2) is 6.02.